The molecule has 0 amide bonds. The van der Waals surface area contributed by atoms with E-state index < -0.39 is 0 Å². The molecule has 23 heavy (non-hydrogen) atoms. The first-order valence-corrected chi connectivity index (χ1v) is 7.80. The summed E-state index contributed by atoms with van der Waals surface area (Å²) >= 11 is 0. The van der Waals surface area contributed by atoms with Crippen LogP contribution in [0.4, 0.5) is 0 Å². The second kappa shape index (κ2) is 7.35. The standard InChI is InChI=1S/C18H21N3O2/c1-23-18(22)16-4-2-14(3-5-16)13-21-11-10-20-12-17(21)15-6-8-19-9-7-15/h2-9,17,20H,10-13H2,1H3. The Bertz CT molecular complexity index is 643. The fourth-order valence-electron chi connectivity index (χ4n) is 2.95. The van der Waals surface area contributed by atoms with Gasteiger partial charge in [-0.25, -0.2) is 4.79 Å². The van der Waals surface area contributed by atoms with Crippen LogP contribution in [0.2, 0.25) is 0 Å². The van der Waals surface area contributed by atoms with Crippen molar-refractivity contribution in [3.8, 4) is 0 Å². The summed E-state index contributed by atoms with van der Waals surface area (Å²) in [5.74, 6) is -0.298. The van der Waals surface area contributed by atoms with Gasteiger partial charge in [0.15, 0.2) is 0 Å². The van der Waals surface area contributed by atoms with Gasteiger partial charge in [0.2, 0.25) is 0 Å². The molecule has 1 saturated heterocycles. The van der Waals surface area contributed by atoms with Crippen molar-refractivity contribution in [2.24, 2.45) is 0 Å². The van der Waals surface area contributed by atoms with E-state index in [1.54, 1.807) is 0 Å². The topological polar surface area (TPSA) is 54.5 Å². The zero-order valence-electron chi connectivity index (χ0n) is 13.2. The average Bonchev–Trinajstić information content (AvgIpc) is 2.63. The van der Waals surface area contributed by atoms with Gasteiger partial charge in [-0.3, -0.25) is 9.88 Å². The maximum Gasteiger partial charge on any atom is 0.337 e. The monoisotopic (exact) mass is 311 g/mol. The Morgan fingerprint density at radius 3 is 2.70 bits per heavy atom. The molecular weight excluding hydrogens is 290 g/mol. The lowest BCUT2D eigenvalue weighted by Gasteiger charge is -2.36. The lowest BCUT2D eigenvalue weighted by molar-refractivity contribution is 0.0600. The molecule has 0 radical (unpaired) electrons. The molecule has 1 aromatic heterocycles. The smallest absolute Gasteiger partial charge is 0.337 e. The van der Waals surface area contributed by atoms with Gasteiger partial charge in [-0.1, -0.05) is 12.1 Å². The summed E-state index contributed by atoms with van der Waals surface area (Å²) in [7, 11) is 1.40. The molecule has 1 N–H and O–H groups in total. The van der Waals surface area contributed by atoms with E-state index in [9.17, 15) is 4.79 Å². The Kier molecular flexibility index (Phi) is 5.00. The van der Waals surface area contributed by atoms with Gasteiger partial charge in [0.25, 0.3) is 0 Å². The predicted molar refractivity (Wildman–Crippen MR) is 88.0 cm³/mol. The molecule has 1 aromatic carbocycles. The highest BCUT2D eigenvalue weighted by molar-refractivity contribution is 5.89. The van der Waals surface area contributed by atoms with Gasteiger partial charge < -0.3 is 10.1 Å². The van der Waals surface area contributed by atoms with Gasteiger partial charge >= 0.3 is 5.97 Å². The summed E-state index contributed by atoms with van der Waals surface area (Å²) < 4.78 is 4.74. The van der Waals surface area contributed by atoms with Crippen LogP contribution in [0, 0.1) is 0 Å². The second-order valence-electron chi connectivity index (χ2n) is 5.66. The Morgan fingerprint density at radius 1 is 1.26 bits per heavy atom. The van der Waals surface area contributed by atoms with Gasteiger partial charge in [0.1, 0.15) is 0 Å². The molecule has 0 bridgehead atoms. The van der Waals surface area contributed by atoms with Crippen molar-refractivity contribution in [3.05, 3.63) is 65.5 Å². The first-order valence-electron chi connectivity index (χ1n) is 7.80. The lowest BCUT2D eigenvalue weighted by Crippen LogP contribution is -2.45. The zero-order chi connectivity index (χ0) is 16.1. The van der Waals surface area contributed by atoms with Crippen molar-refractivity contribution in [3.63, 3.8) is 0 Å². The molecule has 1 atom stereocenters. The third kappa shape index (κ3) is 3.75. The summed E-state index contributed by atoms with van der Waals surface area (Å²) in [5, 5.41) is 3.46. The summed E-state index contributed by atoms with van der Waals surface area (Å²) in [5.41, 5.74) is 3.05. The quantitative estimate of drug-likeness (QED) is 0.876. The summed E-state index contributed by atoms with van der Waals surface area (Å²) in [4.78, 5) is 18.1. The molecule has 0 spiro atoms. The SMILES string of the molecule is COC(=O)c1ccc(CN2CCNCC2c2ccncc2)cc1. The Hall–Kier alpha value is -2.24. The number of ether oxygens (including phenoxy) is 1. The number of hydrogen-bond acceptors (Lipinski definition) is 5. The largest absolute Gasteiger partial charge is 0.465 e. The number of aromatic nitrogens is 1. The lowest BCUT2D eigenvalue weighted by atomic mass is 10.0. The molecule has 120 valence electrons. The first kappa shape index (κ1) is 15.6. The van der Waals surface area contributed by atoms with E-state index >= 15 is 0 Å². The van der Waals surface area contributed by atoms with Gasteiger partial charge in [-0.05, 0) is 35.4 Å². The van der Waals surface area contributed by atoms with E-state index in [4.69, 9.17) is 4.74 Å². The van der Waals surface area contributed by atoms with E-state index in [0.29, 0.717) is 11.6 Å². The summed E-state index contributed by atoms with van der Waals surface area (Å²) in [6.07, 6.45) is 3.68. The number of methoxy groups -OCH3 is 1. The van der Waals surface area contributed by atoms with Crippen molar-refractivity contribution < 1.29 is 9.53 Å². The number of carbonyl (C=O) groups excluding carboxylic acids is 1. The molecule has 1 unspecified atom stereocenters. The molecule has 1 aliphatic rings. The third-order valence-corrected chi connectivity index (χ3v) is 4.21. The number of hydrogen-bond donors (Lipinski definition) is 1. The molecule has 2 aromatic rings. The summed E-state index contributed by atoms with van der Waals surface area (Å²) in [6.45, 7) is 3.77. The number of nitrogens with zero attached hydrogens (tertiary/aromatic N) is 2. The van der Waals surface area contributed by atoms with E-state index in [-0.39, 0.29) is 5.97 Å². The van der Waals surface area contributed by atoms with Crippen molar-refractivity contribution in [2.45, 2.75) is 12.6 Å². The maximum atomic E-state index is 11.5. The van der Waals surface area contributed by atoms with Crippen LogP contribution in [0.15, 0.2) is 48.8 Å². The van der Waals surface area contributed by atoms with Crippen LogP contribution >= 0.6 is 0 Å². The third-order valence-electron chi connectivity index (χ3n) is 4.21. The fourth-order valence-corrected chi connectivity index (χ4v) is 2.95. The number of esters is 1. The number of nitrogens with one attached hydrogen (secondary N) is 1. The van der Waals surface area contributed by atoms with Crippen molar-refractivity contribution in [2.75, 3.05) is 26.7 Å². The Balaban J connectivity index is 1.73. The highest BCUT2D eigenvalue weighted by Gasteiger charge is 2.23. The molecule has 0 saturated carbocycles. The minimum atomic E-state index is -0.298. The number of piperazine rings is 1. The maximum absolute atomic E-state index is 11.5. The van der Waals surface area contributed by atoms with Crippen molar-refractivity contribution >= 4 is 5.97 Å². The molecule has 1 aliphatic heterocycles. The highest BCUT2D eigenvalue weighted by atomic mass is 16.5. The molecule has 2 heterocycles. The predicted octanol–water partition coefficient (Wildman–Crippen LogP) is 2.01. The zero-order valence-corrected chi connectivity index (χ0v) is 13.2. The van der Waals surface area contributed by atoms with Crippen molar-refractivity contribution in [1.82, 2.24) is 15.2 Å². The van der Waals surface area contributed by atoms with Crippen LogP contribution in [-0.4, -0.2) is 42.6 Å². The molecule has 1 fully saturated rings. The minimum Gasteiger partial charge on any atom is -0.465 e. The van der Waals surface area contributed by atoms with Crippen LogP contribution in [-0.2, 0) is 11.3 Å². The normalized spacial score (nSPS) is 18.6. The fraction of sp³-hybridized carbons (Fsp3) is 0.333. The minimum absolute atomic E-state index is 0.298. The van der Waals surface area contributed by atoms with Crippen LogP contribution in [0.3, 0.4) is 0 Å². The first-order chi connectivity index (χ1) is 11.3. The van der Waals surface area contributed by atoms with Crippen LogP contribution < -0.4 is 5.32 Å². The van der Waals surface area contributed by atoms with Crippen LogP contribution in [0.25, 0.3) is 0 Å². The molecule has 3 rings (SSSR count). The Labute approximate surface area is 136 Å². The molecule has 5 nitrogen and oxygen atoms in total. The van der Waals surface area contributed by atoms with Gasteiger partial charge in [0.05, 0.1) is 12.7 Å². The Morgan fingerprint density at radius 2 is 2.00 bits per heavy atom. The van der Waals surface area contributed by atoms with Gasteiger partial charge in [-0.15, -0.1) is 0 Å². The molecule has 0 aliphatic carbocycles. The summed E-state index contributed by atoms with van der Waals surface area (Å²) in [6, 6.07) is 12.1. The second-order valence-corrected chi connectivity index (χ2v) is 5.66. The highest BCUT2D eigenvalue weighted by Crippen LogP contribution is 2.23. The van der Waals surface area contributed by atoms with Crippen LogP contribution in [0.1, 0.15) is 27.5 Å². The molecule has 5 heteroatoms. The number of pyridine rings is 1. The van der Waals surface area contributed by atoms with Crippen LogP contribution in [0.5, 0.6) is 0 Å². The average molecular weight is 311 g/mol. The number of benzene rings is 1. The van der Waals surface area contributed by atoms with E-state index in [0.717, 1.165) is 26.2 Å². The molecular formula is C18H21N3O2. The van der Waals surface area contributed by atoms with Gasteiger partial charge in [-0.2, -0.15) is 0 Å². The van der Waals surface area contributed by atoms with E-state index in [2.05, 4.69) is 27.3 Å². The van der Waals surface area contributed by atoms with Gasteiger partial charge in [0, 0.05) is 44.6 Å². The van der Waals surface area contributed by atoms with Crippen molar-refractivity contribution in [1.29, 1.82) is 0 Å². The van der Waals surface area contributed by atoms with E-state index in [1.807, 2.05) is 36.7 Å². The van der Waals surface area contributed by atoms with E-state index in [1.165, 1.54) is 18.2 Å². The number of carbonyl (C=O) groups is 1. The number of rotatable bonds is 4.